The van der Waals surface area contributed by atoms with Gasteiger partial charge in [-0.15, -0.1) is 6.42 Å². The highest BCUT2D eigenvalue weighted by molar-refractivity contribution is 7.89. The second-order valence-electron chi connectivity index (χ2n) is 7.76. The minimum Gasteiger partial charge on any atom is -0.465 e. The molecule has 1 aliphatic rings. The van der Waals surface area contributed by atoms with Gasteiger partial charge in [-0.05, 0) is 55.3 Å². The predicted molar refractivity (Wildman–Crippen MR) is 129 cm³/mol. The third-order valence-corrected chi connectivity index (χ3v) is 8.56. The molecule has 0 bridgehead atoms. The van der Waals surface area contributed by atoms with E-state index < -0.39 is 21.9 Å². The Morgan fingerprint density at radius 3 is 2.41 bits per heavy atom. The molecular weight excluding hydrogens is 474 g/mol. The molecule has 0 N–H and O–H groups in total. The van der Waals surface area contributed by atoms with Crippen molar-refractivity contribution < 1.29 is 22.7 Å². The number of rotatable bonds is 5. The van der Waals surface area contributed by atoms with Gasteiger partial charge in [0.05, 0.1) is 34.3 Å². The SMILES string of the molecule is C#CCn1c(=NC(=O)c2ccc(S(=O)(=O)N3CCCCC3)cc2)sc2cc(C(=O)OC)ccc21. The largest absolute Gasteiger partial charge is 0.465 e. The van der Waals surface area contributed by atoms with Gasteiger partial charge in [-0.25, -0.2) is 13.2 Å². The first-order valence-corrected chi connectivity index (χ1v) is 13.0. The molecule has 0 saturated carbocycles. The lowest BCUT2D eigenvalue weighted by Crippen LogP contribution is -2.35. The highest BCUT2D eigenvalue weighted by Gasteiger charge is 2.26. The van der Waals surface area contributed by atoms with Crippen LogP contribution in [-0.4, -0.2) is 49.4 Å². The number of hydrogen-bond donors (Lipinski definition) is 0. The number of ether oxygens (including phenoxy) is 1. The second-order valence-corrected chi connectivity index (χ2v) is 10.7. The number of terminal acetylenes is 1. The number of aromatic nitrogens is 1. The van der Waals surface area contributed by atoms with Crippen LogP contribution in [0.4, 0.5) is 0 Å². The minimum atomic E-state index is -3.58. The first-order chi connectivity index (χ1) is 16.3. The Kier molecular flexibility index (Phi) is 6.97. The molecule has 3 aromatic rings. The van der Waals surface area contributed by atoms with E-state index in [0.717, 1.165) is 29.5 Å². The van der Waals surface area contributed by atoms with Crippen molar-refractivity contribution in [2.24, 2.45) is 4.99 Å². The van der Waals surface area contributed by atoms with Crippen molar-refractivity contribution in [1.82, 2.24) is 8.87 Å². The molecule has 1 aliphatic heterocycles. The van der Waals surface area contributed by atoms with Gasteiger partial charge in [0.25, 0.3) is 5.91 Å². The molecular formula is C24H23N3O5S2. The average Bonchev–Trinajstić information content (AvgIpc) is 3.20. The Hall–Kier alpha value is -3.26. The molecule has 1 aromatic heterocycles. The molecule has 176 valence electrons. The van der Waals surface area contributed by atoms with Crippen LogP contribution in [0.1, 0.15) is 40.0 Å². The Morgan fingerprint density at radius 2 is 1.76 bits per heavy atom. The Balaban J connectivity index is 1.66. The molecule has 1 amide bonds. The van der Waals surface area contributed by atoms with Crippen LogP contribution in [-0.2, 0) is 21.3 Å². The van der Waals surface area contributed by atoms with Crippen LogP contribution in [0.15, 0.2) is 52.4 Å². The van der Waals surface area contributed by atoms with Gasteiger partial charge in [-0.1, -0.05) is 23.7 Å². The van der Waals surface area contributed by atoms with Crippen LogP contribution in [0.25, 0.3) is 10.2 Å². The number of sulfonamides is 1. The molecule has 0 radical (unpaired) electrons. The maximum absolute atomic E-state index is 12.9. The fourth-order valence-electron chi connectivity index (χ4n) is 3.82. The number of thiazole rings is 1. The fourth-order valence-corrected chi connectivity index (χ4v) is 6.41. The van der Waals surface area contributed by atoms with Crippen molar-refractivity contribution in [3.63, 3.8) is 0 Å². The standard InChI is InChI=1S/C24H23N3O5S2/c1-3-13-27-20-12-9-18(23(29)32-2)16-21(20)33-24(27)25-22(28)17-7-10-19(11-8-17)34(30,31)26-14-5-4-6-15-26/h1,7-12,16H,4-6,13-15H2,2H3. The van der Waals surface area contributed by atoms with Gasteiger partial charge in [0.2, 0.25) is 10.0 Å². The van der Waals surface area contributed by atoms with Gasteiger partial charge >= 0.3 is 5.97 Å². The molecule has 2 aromatic carbocycles. The number of carbonyl (C=O) groups is 2. The Bertz CT molecular complexity index is 1450. The summed E-state index contributed by atoms with van der Waals surface area (Å²) >= 11 is 1.22. The summed E-state index contributed by atoms with van der Waals surface area (Å²) in [6.07, 6.45) is 8.24. The average molecular weight is 498 g/mol. The quantitative estimate of drug-likeness (QED) is 0.399. The van der Waals surface area contributed by atoms with Gasteiger partial charge in [0, 0.05) is 18.7 Å². The van der Waals surface area contributed by atoms with Crippen LogP contribution in [0.5, 0.6) is 0 Å². The summed E-state index contributed by atoms with van der Waals surface area (Å²) in [5.74, 6) is 1.57. The van der Waals surface area contributed by atoms with E-state index in [-0.39, 0.29) is 17.0 Å². The molecule has 8 nitrogen and oxygen atoms in total. The highest BCUT2D eigenvalue weighted by Crippen LogP contribution is 2.22. The first-order valence-electron chi connectivity index (χ1n) is 10.7. The molecule has 1 saturated heterocycles. The number of fused-ring (bicyclic) bond motifs is 1. The van der Waals surface area contributed by atoms with Gasteiger partial charge in [-0.2, -0.15) is 9.30 Å². The van der Waals surface area contributed by atoms with Crippen LogP contribution >= 0.6 is 11.3 Å². The Morgan fingerprint density at radius 1 is 1.09 bits per heavy atom. The molecule has 34 heavy (non-hydrogen) atoms. The predicted octanol–water partition coefficient (Wildman–Crippen LogP) is 3.04. The first kappa shape index (κ1) is 23.9. The number of methoxy groups -OCH3 is 1. The number of piperidine rings is 1. The zero-order valence-electron chi connectivity index (χ0n) is 18.6. The lowest BCUT2D eigenvalue weighted by Gasteiger charge is -2.25. The normalized spacial score (nSPS) is 15.2. The molecule has 1 fully saturated rings. The molecule has 10 heteroatoms. The molecule has 4 rings (SSSR count). The summed E-state index contributed by atoms with van der Waals surface area (Å²) in [7, 11) is -2.27. The zero-order chi connectivity index (χ0) is 24.3. The Labute approximate surface area is 201 Å². The molecule has 0 atom stereocenters. The van der Waals surface area contributed by atoms with Gasteiger partial charge in [0.15, 0.2) is 4.80 Å². The maximum Gasteiger partial charge on any atom is 0.337 e. The monoisotopic (exact) mass is 497 g/mol. The van der Waals surface area contributed by atoms with E-state index in [0.29, 0.717) is 23.5 Å². The van der Waals surface area contributed by atoms with E-state index in [1.54, 1.807) is 22.8 Å². The number of amides is 1. The lowest BCUT2D eigenvalue weighted by atomic mass is 10.2. The van der Waals surface area contributed by atoms with E-state index in [9.17, 15) is 18.0 Å². The zero-order valence-corrected chi connectivity index (χ0v) is 20.2. The third kappa shape index (κ3) is 4.68. The topological polar surface area (TPSA) is 98.0 Å². The van der Waals surface area contributed by atoms with Crippen LogP contribution in [0, 0.1) is 12.3 Å². The molecule has 0 unspecified atom stereocenters. The van der Waals surface area contributed by atoms with Crippen molar-refractivity contribution in [3.8, 4) is 12.3 Å². The smallest absolute Gasteiger partial charge is 0.337 e. The molecule has 0 aliphatic carbocycles. The summed E-state index contributed by atoms with van der Waals surface area (Å²) in [6, 6.07) is 10.8. The number of hydrogen-bond acceptors (Lipinski definition) is 6. The number of esters is 1. The third-order valence-electron chi connectivity index (χ3n) is 5.60. The summed E-state index contributed by atoms with van der Waals surface area (Å²) < 4.78 is 34.4. The van der Waals surface area contributed by atoms with E-state index in [4.69, 9.17) is 11.2 Å². The second kappa shape index (κ2) is 9.93. The van der Waals surface area contributed by atoms with Crippen molar-refractivity contribution >= 4 is 43.5 Å². The van der Waals surface area contributed by atoms with E-state index in [2.05, 4.69) is 10.9 Å². The van der Waals surface area contributed by atoms with Gasteiger partial charge < -0.3 is 9.30 Å². The fraction of sp³-hybridized carbons (Fsp3) is 0.292. The van der Waals surface area contributed by atoms with E-state index in [1.807, 2.05) is 0 Å². The summed E-state index contributed by atoms with van der Waals surface area (Å²) in [6.45, 7) is 1.21. The van der Waals surface area contributed by atoms with Gasteiger partial charge in [0.1, 0.15) is 0 Å². The summed E-state index contributed by atoms with van der Waals surface area (Å²) in [5.41, 5.74) is 1.38. The van der Waals surface area contributed by atoms with Crippen molar-refractivity contribution in [2.45, 2.75) is 30.7 Å². The van der Waals surface area contributed by atoms with Crippen LogP contribution in [0.2, 0.25) is 0 Å². The number of carbonyl (C=O) groups excluding carboxylic acids is 2. The molecule has 0 spiro atoms. The summed E-state index contributed by atoms with van der Waals surface area (Å²) in [4.78, 5) is 29.5. The number of benzene rings is 2. The van der Waals surface area contributed by atoms with Crippen molar-refractivity contribution in [3.05, 3.63) is 58.4 Å². The minimum absolute atomic E-state index is 0.158. The highest BCUT2D eigenvalue weighted by atomic mass is 32.2. The molecule has 2 heterocycles. The van der Waals surface area contributed by atoms with Crippen molar-refractivity contribution in [1.29, 1.82) is 0 Å². The van der Waals surface area contributed by atoms with Gasteiger partial charge in [-0.3, -0.25) is 4.79 Å². The van der Waals surface area contributed by atoms with Crippen molar-refractivity contribution in [2.75, 3.05) is 20.2 Å². The lowest BCUT2D eigenvalue weighted by molar-refractivity contribution is 0.0600. The van der Waals surface area contributed by atoms with Crippen LogP contribution in [0.3, 0.4) is 0 Å². The van der Waals surface area contributed by atoms with E-state index >= 15 is 0 Å². The summed E-state index contributed by atoms with van der Waals surface area (Å²) in [5, 5.41) is 0. The van der Waals surface area contributed by atoms with E-state index in [1.165, 1.54) is 47.0 Å². The maximum atomic E-state index is 12.9. The number of nitrogens with zero attached hydrogens (tertiary/aromatic N) is 3. The van der Waals surface area contributed by atoms with Crippen LogP contribution < -0.4 is 4.80 Å².